The van der Waals surface area contributed by atoms with E-state index in [0.717, 1.165) is 30.1 Å². The van der Waals surface area contributed by atoms with E-state index >= 15 is 0 Å². The lowest BCUT2D eigenvalue weighted by atomic mass is 10.1. The molecule has 0 spiro atoms. The summed E-state index contributed by atoms with van der Waals surface area (Å²) in [4.78, 5) is 4.21. The van der Waals surface area contributed by atoms with Crippen LogP contribution in [0.15, 0.2) is 47.5 Å². The molecule has 0 aliphatic carbocycles. The van der Waals surface area contributed by atoms with Crippen LogP contribution in [0.5, 0.6) is 5.75 Å². The molecule has 2 N–H and O–H groups in total. The van der Waals surface area contributed by atoms with Crippen LogP contribution >= 0.6 is 24.0 Å². The minimum atomic E-state index is 0. The van der Waals surface area contributed by atoms with Crippen molar-refractivity contribution in [1.82, 2.24) is 10.6 Å². The number of rotatable bonds is 11. The third-order valence-corrected chi connectivity index (χ3v) is 3.82. The van der Waals surface area contributed by atoms with E-state index in [1.807, 2.05) is 24.3 Å². The zero-order valence-corrected chi connectivity index (χ0v) is 18.4. The smallest absolute Gasteiger partial charge is 0.191 e. The third-order valence-electron chi connectivity index (χ3n) is 3.82. The Bertz CT molecular complexity index is 677. The van der Waals surface area contributed by atoms with Crippen molar-refractivity contribution in [3.05, 3.63) is 42.5 Å². The van der Waals surface area contributed by atoms with E-state index < -0.39 is 0 Å². The Hall–Kier alpha value is -1.58. The molecule has 150 valence electrons. The van der Waals surface area contributed by atoms with E-state index in [4.69, 9.17) is 14.2 Å². The number of methoxy groups -OCH3 is 1. The SMILES string of the molecule is CN=C(NCCCOCCOC)NCCOc1cccc2ccccc12.I. The van der Waals surface area contributed by atoms with Crippen molar-refractivity contribution < 1.29 is 14.2 Å². The fraction of sp³-hybridized carbons (Fsp3) is 0.450. The number of aliphatic imine (C=N–C) groups is 1. The Morgan fingerprint density at radius 2 is 1.70 bits per heavy atom. The van der Waals surface area contributed by atoms with Gasteiger partial charge < -0.3 is 24.8 Å². The van der Waals surface area contributed by atoms with Crippen LogP contribution < -0.4 is 15.4 Å². The van der Waals surface area contributed by atoms with Crippen molar-refractivity contribution in [2.24, 2.45) is 4.99 Å². The molecule has 6 nitrogen and oxygen atoms in total. The molecule has 0 unspecified atom stereocenters. The minimum Gasteiger partial charge on any atom is -0.491 e. The second-order valence-electron chi connectivity index (χ2n) is 5.71. The lowest BCUT2D eigenvalue weighted by Crippen LogP contribution is -2.39. The predicted molar refractivity (Wildman–Crippen MR) is 122 cm³/mol. The number of ether oxygens (including phenoxy) is 3. The average molecular weight is 487 g/mol. The molecule has 2 aromatic rings. The van der Waals surface area contributed by atoms with Gasteiger partial charge >= 0.3 is 0 Å². The maximum atomic E-state index is 5.92. The van der Waals surface area contributed by atoms with Gasteiger partial charge in [0.1, 0.15) is 12.4 Å². The van der Waals surface area contributed by atoms with Crippen molar-refractivity contribution in [3.8, 4) is 5.75 Å². The molecule has 0 aromatic heterocycles. The topological polar surface area (TPSA) is 64.1 Å². The van der Waals surface area contributed by atoms with Gasteiger partial charge in [-0.25, -0.2) is 0 Å². The highest BCUT2D eigenvalue weighted by Crippen LogP contribution is 2.24. The van der Waals surface area contributed by atoms with Crippen molar-refractivity contribution in [2.75, 3.05) is 53.7 Å². The molecule has 2 aromatic carbocycles. The zero-order valence-electron chi connectivity index (χ0n) is 16.1. The molecule has 0 atom stereocenters. The van der Waals surface area contributed by atoms with Crippen LogP contribution in [0.2, 0.25) is 0 Å². The summed E-state index contributed by atoms with van der Waals surface area (Å²) in [6.45, 7) is 4.01. The normalized spacial score (nSPS) is 11.1. The van der Waals surface area contributed by atoms with Gasteiger partial charge in [0, 0.05) is 32.7 Å². The number of fused-ring (bicyclic) bond motifs is 1. The van der Waals surface area contributed by atoms with Crippen LogP contribution in [0.25, 0.3) is 10.8 Å². The van der Waals surface area contributed by atoms with Crippen LogP contribution in [0, 0.1) is 0 Å². The maximum absolute atomic E-state index is 5.92. The molecule has 0 aliphatic heterocycles. The molecule has 0 saturated heterocycles. The van der Waals surface area contributed by atoms with Crippen LogP contribution in [0.4, 0.5) is 0 Å². The first-order valence-electron chi connectivity index (χ1n) is 8.97. The summed E-state index contributed by atoms with van der Waals surface area (Å²) in [5.41, 5.74) is 0. The molecule has 27 heavy (non-hydrogen) atoms. The standard InChI is InChI=1S/C20H29N3O3.HI/c1-21-20(22-11-6-13-25-16-15-24-2)23-12-14-26-19-10-5-8-17-7-3-4-9-18(17)19;/h3-5,7-10H,6,11-16H2,1-2H3,(H2,21,22,23);1H. The number of hydrogen-bond acceptors (Lipinski definition) is 4. The van der Waals surface area contributed by atoms with Crippen molar-refractivity contribution in [2.45, 2.75) is 6.42 Å². The van der Waals surface area contributed by atoms with Gasteiger partial charge in [0.25, 0.3) is 0 Å². The molecule has 2 rings (SSSR count). The van der Waals surface area contributed by atoms with Gasteiger partial charge in [-0.2, -0.15) is 0 Å². The number of benzene rings is 2. The highest BCUT2D eigenvalue weighted by atomic mass is 127. The summed E-state index contributed by atoms with van der Waals surface area (Å²) >= 11 is 0. The summed E-state index contributed by atoms with van der Waals surface area (Å²) in [6, 6.07) is 14.3. The highest BCUT2D eigenvalue weighted by molar-refractivity contribution is 14.0. The van der Waals surface area contributed by atoms with Crippen molar-refractivity contribution in [1.29, 1.82) is 0 Å². The third kappa shape index (κ3) is 8.77. The minimum absolute atomic E-state index is 0. The molecule has 0 saturated carbocycles. The molecule has 0 fully saturated rings. The van der Waals surface area contributed by atoms with Crippen LogP contribution in [0.3, 0.4) is 0 Å². The number of halogens is 1. The summed E-state index contributed by atoms with van der Waals surface area (Å²) in [5, 5.41) is 8.83. The average Bonchev–Trinajstić information content (AvgIpc) is 2.69. The first-order valence-corrected chi connectivity index (χ1v) is 8.97. The molecule has 0 bridgehead atoms. The maximum Gasteiger partial charge on any atom is 0.191 e. The first-order chi connectivity index (χ1) is 12.8. The largest absolute Gasteiger partial charge is 0.491 e. The molecule has 7 heteroatoms. The van der Waals surface area contributed by atoms with Gasteiger partial charge in [0.05, 0.1) is 19.8 Å². The van der Waals surface area contributed by atoms with Gasteiger partial charge in [-0.05, 0) is 17.9 Å². The molecule has 0 amide bonds. The predicted octanol–water partition coefficient (Wildman–Crippen LogP) is 3.05. The Morgan fingerprint density at radius 1 is 0.926 bits per heavy atom. The molecule has 0 aliphatic rings. The monoisotopic (exact) mass is 487 g/mol. The van der Waals surface area contributed by atoms with E-state index in [-0.39, 0.29) is 24.0 Å². The molecule has 0 radical (unpaired) electrons. The number of nitrogens with one attached hydrogen (secondary N) is 2. The summed E-state index contributed by atoms with van der Waals surface area (Å²) < 4.78 is 16.3. The van der Waals surface area contributed by atoms with E-state index in [1.54, 1.807) is 14.2 Å². The number of nitrogens with zero attached hydrogens (tertiary/aromatic N) is 1. The van der Waals surface area contributed by atoms with Gasteiger partial charge in [0.2, 0.25) is 0 Å². The van der Waals surface area contributed by atoms with E-state index in [1.165, 1.54) is 5.39 Å². The lowest BCUT2D eigenvalue weighted by Gasteiger charge is -2.13. The Labute approximate surface area is 178 Å². The fourth-order valence-corrected chi connectivity index (χ4v) is 2.50. The van der Waals surface area contributed by atoms with Gasteiger partial charge in [0.15, 0.2) is 5.96 Å². The Balaban J connectivity index is 0.00000364. The molecule has 0 heterocycles. The molecular weight excluding hydrogens is 457 g/mol. The highest BCUT2D eigenvalue weighted by Gasteiger charge is 2.01. The van der Waals surface area contributed by atoms with Crippen LogP contribution in [0.1, 0.15) is 6.42 Å². The van der Waals surface area contributed by atoms with E-state index in [9.17, 15) is 0 Å². The van der Waals surface area contributed by atoms with Gasteiger partial charge in [-0.15, -0.1) is 24.0 Å². The van der Waals surface area contributed by atoms with Gasteiger partial charge in [-0.3, -0.25) is 4.99 Å². The van der Waals surface area contributed by atoms with Crippen LogP contribution in [-0.2, 0) is 9.47 Å². The summed E-state index contributed by atoms with van der Waals surface area (Å²) in [6.07, 6.45) is 0.914. The summed E-state index contributed by atoms with van der Waals surface area (Å²) in [5.74, 6) is 1.67. The van der Waals surface area contributed by atoms with E-state index in [2.05, 4.69) is 33.8 Å². The first kappa shape index (κ1) is 23.5. The fourth-order valence-electron chi connectivity index (χ4n) is 2.50. The number of hydrogen-bond donors (Lipinski definition) is 2. The second-order valence-corrected chi connectivity index (χ2v) is 5.71. The lowest BCUT2D eigenvalue weighted by molar-refractivity contribution is 0.0698. The van der Waals surface area contributed by atoms with Crippen molar-refractivity contribution >= 4 is 40.7 Å². The Kier molecular flexibility index (Phi) is 12.6. The Morgan fingerprint density at radius 3 is 2.52 bits per heavy atom. The number of guanidine groups is 1. The van der Waals surface area contributed by atoms with Gasteiger partial charge in [-0.1, -0.05) is 36.4 Å². The van der Waals surface area contributed by atoms with E-state index in [0.29, 0.717) is 33.0 Å². The van der Waals surface area contributed by atoms with Crippen molar-refractivity contribution in [3.63, 3.8) is 0 Å². The molecular formula is C20H30IN3O3. The zero-order chi connectivity index (χ0) is 18.5. The summed E-state index contributed by atoms with van der Waals surface area (Å²) in [7, 11) is 3.43. The quantitative estimate of drug-likeness (QED) is 0.221. The van der Waals surface area contributed by atoms with Crippen LogP contribution in [-0.4, -0.2) is 59.6 Å². The second kappa shape index (κ2) is 14.5.